The minimum Gasteiger partial charge on any atom is -0.459 e. The van der Waals surface area contributed by atoms with Crippen LogP contribution < -0.4 is 11.5 Å². The number of likely N-dealkylation sites (N-methyl/N-ethyl adjacent to an activating group) is 1. The fraction of sp³-hybridized carbons (Fsp3) is 0.736. The number of hydrogen-bond acceptors (Lipinski definition) is 21. The average molecular weight is 1090 g/mol. The van der Waals surface area contributed by atoms with Crippen LogP contribution in [0.4, 0.5) is 11.4 Å². The Kier molecular flexibility index (Phi) is 23.3. The van der Waals surface area contributed by atoms with Crippen LogP contribution in [0.15, 0.2) is 63.5 Å². The number of methoxy groups -OCH3 is 2. The van der Waals surface area contributed by atoms with Gasteiger partial charge in [-0.1, -0.05) is 32.9 Å². The Bertz CT molecular complexity index is 2170. The summed E-state index contributed by atoms with van der Waals surface area (Å²) >= 11 is 0. The van der Waals surface area contributed by atoms with E-state index in [0.717, 1.165) is 0 Å². The summed E-state index contributed by atoms with van der Waals surface area (Å²) in [4.78, 5) is 22.2. The summed E-state index contributed by atoms with van der Waals surface area (Å²) in [6.07, 6.45) is -9.49. The predicted molar refractivity (Wildman–Crippen MR) is 280 cm³/mol. The Labute approximate surface area is 444 Å². The summed E-state index contributed by atoms with van der Waals surface area (Å²) in [6, 6.07) is 11.9. The number of aliphatic hydroxyl groups excluding tert-OH is 3. The summed E-state index contributed by atoms with van der Waals surface area (Å²) in [6.45, 7) is 17.3. The van der Waals surface area contributed by atoms with Crippen molar-refractivity contribution in [2.75, 3.05) is 59.8 Å². The molecule has 428 valence electrons. The lowest BCUT2D eigenvalue weighted by molar-refractivity contribution is -0.317. The molecule has 0 bridgehead atoms. The van der Waals surface area contributed by atoms with E-state index < -0.39 is 112 Å². The number of nitrogens with two attached hydrogens (primary N) is 2. The second-order valence-corrected chi connectivity index (χ2v) is 23.3. The van der Waals surface area contributed by atoms with E-state index in [4.69, 9.17) is 54.2 Å². The molecule has 75 heavy (non-hydrogen) atoms. The summed E-state index contributed by atoms with van der Waals surface area (Å²) in [7, 11) is 3.28. The van der Waals surface area contributed by atoms with Gasteiger partial charge in [-0.15, -0.1) is 0 Å². The Morgan fingerprint density at radius 1 is 0.813 bits per heavy atom. The SMILES string of the molecule is CC[C@H]1OC(=O)[C@H](C)[C@@H](OC2CC(C)(OC)C(O)C(C)O2)[C@H](C)[C@@H](OC2OC(C)CC(N(C)C)C2O)[C@](C)(O)C[C@@H](C)/C(=N\OCOCCOC)[C@H](C)[C@@H](O)[C@]1(C)O.Nc1ccc(S(=O)(=O)c2ccc(N)cc2)cc1. The summed E-state index contributed by atoms with van der Waals surface area (Å²) in [5.41, 5.74) is 7.60. The maximum atomic E-state index is 14.3. The molecule has 3 aliphatic rings. The number of carbonyl (C=O) groups is 1. The van der Waals surface area contributed by atoms with Gasteiger partial charge in [-0.25, -0.2) is 8.42 Å². The summed E-state index contributed by atoms with van der Waals surface area (Å²) in [5.74, 6) is -4.14. The van der Waals surface area contributed by atoms with Crippen molar-refractivity contribution in [2.24, 2.45) is 28.8 Å². The van der Waals surface area contributed by atoms with E-state index in [1.807, 2.05) is 32.8 Å². The number of cyclic esters (lactones) is 1. The minimum atomic E-state index is -3.48. The van der Waals surface area contributed by atoms with Crippen molar-refractivity contribution in [3.05, 3.63) is 48.5 Å². The Morgan fingerprint density at radius 3 is 1.91 bits per heavy atom. The third-order valence-corrected chi connectivity index (χ3v) is 16.8. The molecular formula is C53H88N4O17S. The van der Waals surface area contributed by atoms with Crippen molar-refractivity contribution >= 4 is 32.9 Å². The van der Waals surface area contributed by atoms with Gasteiger partial charge in [0.05, 0.1) is 76.4 Å². The fourth-order valence-corrected chi connectivity index (χ4v) is 11.6. The van der Waals surface area contributed by atoms with E-state index in [-0.39, 0.29) is 54.6 Å². The third kappa shape index (κ3) is 16.0. The molecule has 22 heteroatoms. The van der Waals surface area contributed by atoms with Crippen LogP contribution in [-0.2, 0) is 57.4 Å². The first kappa shape index (κ1) is 63.9. The molecule has 0 radical (unpaired) electrons. The van der Waals surface area contributed by atoms with Crippen LogP contribution in [-0.4, -0.2) is 183 Å². The zero-order chi connectivity index (χ0) is 56.4. The molecule has 21 nitrogen and oxygen atoms in total. The highest BCUT2D eigenvalue weighted by Gasteiger charge is 2.53. The lowest BCUT2D eigenvalue weighted by Gasteiger charge is -2.49. The van der Waals surface area contributed by atoms with Gasteiger partial charge in [-0.3, -0.25) is 4.79 Å². The van der Waals surface area contributed by atoms with Crippen LogP contribution >= 0.6 is 0 Å². The monoisotopic (exact) mass is 1080 g/mol. The van der Waals surface area contributed by atoms with E-state index >= 15 is 0 Å². The largest absolute Gasteiger partial charge is 0.459 e. The Morgan fingerprint density at radius 2 is 1.39 bits per heavy atom. The summed E-state index contributed by atoms with van der Waals surface area (Å²) in [5, 5.41) is 63.6. The molecule has 3 heterocycles. The van der Waals surface area contributed by atoms with Crippen molar-refractivity contribution in [3.63, 3.8) is 0 Å². The molecule has 5 rings (SSSR count). The van der Waals surface area contributed by atoms with Crippen molar-refractivity contribution in [1.29, 1.82) is 0 Å². The molecule has 3 saturated heterocycles. The molecule has 2 aromatic carbocycles. The number of esters is 1. The second-order valence-electron chi connectivity index (χ2n) is 21.4. The van der Waals surface area contributed by atoms with Gasteiger partial charge in [0, 0.05) is 55.8 Å². The van der Waals surface area contributed by atoms with Crippen LogP contribution in [0.5, 0.6) is 0 Å². The number of hydrogen-bond donors (Lipinski definition) is 7. The molecule has 9 N–H and O–H groups in total. The Balaban J connectivity index is 0.000000599. The van der Waals surface area contributed by atoms with Crippen molar-refractivity contribution < 1.29 is 81.5 Å². The van der Waals surface area contributed by atoms with E-state index in [9.17, 15) is 38.7 Å². The smallest absolute Gasteiger partial charge is 0.311 e. The normalized spacial score (nSPS) is 38.0. The number of nitrogens with zero attached hydrogens (tertiary/aromatic N) is 2. The number of carbonyl (C=O) groups excluding carboxylic acids is 1. The standard InChI is InChI=1S/C41H76N2O15.C12H12N2O2S/c1-15-29-41(10,49)34(45)24(4)31(42-53-21-52-17-16-50-13)22(2)19-39(8,48)36(58-38-32(44)28(43(11)12)18-23(3)54-38)25(5)33(26(6)37(47)56-29)57-30-20-40(9,51-14)35(46)27(7)55-30;13-9-1-5-11(6-2-9)17(15,16)12-7-3-10(14)4-8-12/h22-30,32-36,38,44-46,48-49H,15-21H2,1-14H3;1-8H,13-14H2/b42-31+;/t22-,23?,24+,25+,26-,27?,28?,29-,30?,32?,33+,34-,35?,36-,38?,39-,40?,41-;/m1./s1. The highest BCUT2D eigenvalue weighted by molar-refractivity contribution is 7.91. The Hall–Kier alpha value is -3.59. The lowest BCUT2D eigenvalue weighted by Crippen LogP contribution is -2.61. The number of sulfone groups is 1. The predicted octanol–water partition coefficient (Wildman–Crippen LogP) is 3.89. The third-order valence-electron chi connectivity index (χ3n) is 15.0. The van der Waals surface area contributed by atoms with E-state index in [1.54, 1.807) is 79.8 Å². The van der Waals surface area contributed by atoms with Gasteiger partial charge in [0.15, 0.2) is 12.6 Å². The number of anilines is 2. The topological polar surface area (TPSA) is 303 Å². The molecule has 0 spiro atoms. The van der Waals surface area contributed by atoms with Gasteiger partial charge in [-0.2, -0.15) is 0 Å². The lowest BCUT2D eigenvalue weighted by atomic mass is 9.73. The number of rotatable bonds is 15. The molecule has 0 aliphatic carbocycles. The number of aliphatic hydroxyl groups is 5. The molecule has 3 aliphatic heterocycles. The molecule has 18 atom stereocenters. The van der Waals surface area contributed by atoms with Crippen LogP contribution in [0.3, 0.4) is 0 Å². The number of oxime groups is 1. The number of ether oxygens (including phenoxy) is 8. The van der Waals surface area contributed by atoms with Crippen LogP contribution in [0.25, 0.3) is 0 Å². The first-order valence-corrected chi connectivity index (χ1v) is 27.2. The quantitative estimate of drug-likeness (QED) is 0.0437. The molecule has 8 unspecified atom stereocenters. The van der Waals surface area contributed by atoms with Gasteiger partial charge >= 0.3 is 5.97 Å². The van der Waals surface area contributed by atoms with Crippen molar-refractivity contribution in [2.45, 2.75) is 189 Å². The zero-order valence-corrected chi connectivity index (χ0v) is 47.1. The molecule has 3 fully saturated rings. The van der Waals surface area contributed by atoms with Crippen LogP contribution in [0, 0.1) is 23.7 Å². The maximum Gasteiger partial charge on any atom is 0.311 e. The van der Waals surface area contributed by atoms with E-state index in [1.165, 1.54) is 38.3 Å². The first-order chi connectivity index (χ1) is 35.0. The zero-order valence-electron chi connectivity index (χ0n) is 46.3. The van der Waals surface area contributed by atoms with Gasteiger partial charge in [0.1, 0.15) is 23.9 Å². The maximum absolute atomic E-state index is 14.3. The fourth-order valence-electron chi connectivity index (χ4n) is 10.4. The van der Waals surface area contributed by atoms with Crippen LogP contribution in [0.1, 0.15) is 94.9 Å². The molecule has 0 saturated carbocycles. The number of benzene rings is 2. The molecule has 0 aromatic heterocycles. The summed E-state index contributed by atoms with van der Waals surface area (Å²) < 4.78 is 72.5. The van der Waals surface area contributed by atoms with Gasteiger partial charge in [0.2, 0.25) is 16.6 Å². The highest BCUT2D eigenvalue weighted by atomic mass is 32.2. The average Bonchev–Trinajstić information content (AvgIpc) is 3.35. The van der Waals surface area contributed by atoms with Crippen molar-refractivity contribution in [3.8, 4) is 0 Å². The van der Waals surface area contributed by atoms with E-state index in [0.29, 0.717) is 30.1 Å². The number of nitrogen functional groups attached to an aromatic ring is 2. The molecular weight excluding hydrogens is 997 g/mol. The van der Waals surface area contributed by atoms with Crippen LogP contribution in [0.2, 0.25) is 0 Å². The van der Waals surface area contributed by atoms with Gasteiger partial charge in [0.25, 0.3) is 0 Å². The highest BCUT2D eigenvalue weighted by Crippen LogP contribution is 2.41. The van der Waals surface area contributed by atoms with Gasteiger partial charge < -0.3 is 84.6 Å². The second kappa shape index (κ2) is 27.3. The first-order valence-electron chi connectivity index (χ1n) is 25.7. The van der Waals surface area contributed by atoms with Crippen molar-refractivity contribution in [1.82, 2.24) is 4.90 Å². The minimum absolute atomic E-state index is 0.0307. The van der Waals surface area contributed by atoms with Gasteiger partial charge in [-0.05, 0) is 123 Å². The van der Waals surface area contributed by atoms with E-state index in [2.05, 4.69) is 5.16 Å². The molecule has 0 amide bonds. The molecule has 2 aromatic rings.